The summed E-state index contributed by atoms with van der Waals surface area (Å²) >= 11 is 1.32. The average Bonchev–Trinajstić information content (AvgIpc) is 3.26. The van der Waals surface area contributed by atoms with Crippen LogP contribution in [0.5, 0.6) is 0 Å². The summed E-state index contributed by atoms with van der Waals surface area (Å²) in [5.41, 5.74) is 8.65. The molecule has 3 N–H and O–H groups in total. The molecule has 2 aromatic carbocycles. The van der Waals surface area contributed by atoms with Gasteiger partial charge < -0.3 is 10.4 Å². The number of hydrogen-bond acceptors (Lipinski definition) is 6. The number of likely N-dealkylation sites (tertiary alicyclic amines) is 1. The first-order valence-corrected chi connectivity index (χ1v) is 13.4. The zero-order valence-electron chi connectivity index (χ0n) is 21.6. The van der Waals surface area contributed by atoms with Crippen LogP contribution in [0.4, 0.5) is 5.00 Å². The van der Waals surface area contributed by atoms with Gasteiger partial charge in [0.1, 0.15) is 5.00 Å². The van der Waals surface area contributed by atoms with Gasteiger partial charge >= 0.3 is 0 Å². The predicted molar refractivity (Wildman–Crippen MR) is 150 cm³/mol. The van der Waals surface area contributed by atoms with Gasteiger partial charge in [-0.2, -0.15) is 5.10 Å². The van der Waals surface area contributed by atoms with Gasteiger partial charge in [-0.05, 0) is 98.0 Å². The fraction of sp³-hybridized carbons (Fsp3) is 0.345. The standard InChI is InChI=1S/C29H34N4O3S/c1-19-7-8-23(13-20(19)2)15-30-32-28(36)26-21(3)18-37-29(26)31-27(35)25-6-4-5-24(14-25)16-33-11-9-22(17-34)10-12-33/h4-8,13-15,18,22,34H,9-12,16-17H2,1-3H3,(H,31,35)(H,32,36)/b30-15+. The van der Waals surface area contributed by atoms with Gasteiger partial charge in [-0.15, -0.1) is 11.3 Å². The molecule has 0 saturated carbocycles. The van der Waals surface area contributed by atoms with Gasteiger partial charge in [-0.3, -0.25) is 14.5 Å². The van der Waals surface area contributed by atoms with Crippen LogP contribution in [0.25, 0.3) is 0 Å². The van der Waals surface area contributed by atoms with Crippen LogP contribution in [-0.2, 0) is 6.54 Å². The molecule has 3 aromatic rings. The maximum atomic E-state index is 13.1. The summed E-state index contributed by atoms with van der Waals surface area (Å²) in [4.78, 5) is 28.3. The van der Waals surface area contributed by atoms with E-state index in [2.05, 4.69) is 20.7 Å². The van der Waals surface area contributed by atoms with Crippen LogP contribution in [0, 0.1) is 26.7 Å². The summed E-state index contributed by atoms with van der Waals surface area (Å²) < 4.78 is 0. The highest BCUT2D eigenvalue weighted by molar-refractivity contribution is 7.15. The topological polar surface area (TPSA) is 94.0 Å². The molecule has 37 heavy (non-hydrogen) atoms. The van der Waals surface area contributed by atoms with Crippen molar-refractivity contribution in [1.29, 1.82) is 0 Å². The third-order valence-electron chi connectivity index (χ3n) is 6.90. The minimum Gasteiger partial charge on any atom is -0.396 e. The SMILES string of the molecule is Cc1ccc(/C=N/NC(=O)c2c(C)csc2NC(=O)c2cccc(CN3CCC(CO)CC3)c2)cc1C. The lowest BCUT2D eigenvalue weighted by atomic mass is 9.97. The largest absolute Gasteiger partial charge is 0.396 e. The number of hydrogen-bond donors (Lipinski definition) is 3. The second-order valence-electron chi connectivity index (χ2n) is 9.72. The van der Waals surface area contributed by atoms with E-state index < -0.39 is 0 Å². The summed E-state index contributed by atoms with van der Waals surface area (Å²) in [6.45, 7) is 8.83. The van der Waals surface area contributed by atoms with Gasteiger partial charge in [-0.25, -0.2) is 5.43 Å². The lowest BCUT2D eigenvalue weighted by Crippen LogP contribution is -2.34. The number of amides is 2. The summed E-state index contributed by atoms with van der Waals surface area (Å²) in [5, 5.41) is 18.7. The van der Waals surface area contributed by atoms with Crippen molar-refractivity contribution in [3.8, 4) is 0 Å². The highest BCUT2D eigenvalue weighted by atomic mass is 32.1. The quantitative estimate of drug-likeness (QED) is 0.292. The van der Waals surface area contributed by atoms with Crippen LogP contribution < -0.4 is 10.7 Å². The molecule has 0 aliphatic carbocycles. The molecular formula is C29H34N4O3S. The molecule has 0 bridgehead atoms. The molecule has 1 saturated heterocycles. The molecule has 2 amide bonds. The van der Waals surface area contributed by atoms with Crippen molar-refractivity contribution < 1.29 is 14.7 Å². The van der Waals surface area contributed by atoms with Gasteiger partial charge in [0, 0.05) is 18.7 Å². The van der Waals surface area contributed by atoms with Gasteiger partial charge in [0.05, 0.1) is 11.8 Å². The molecule has 194 valence electrons. The third kappa shape index (κ3) is 6.91. The number of piperidine rings is 1. The summed E-state index contributed by atoms with van der Waals surface area (Å²) in [7, 11) is 0. The molecule has 0 radical (unpaired) electrons. The van der Waals surface area contributed by atoms with E-state index in [4.69, 9.17) is 0 Å². The van der Waals surface area contributed by atoms with E-state index in [-0.39, 0.29) is 18.4 Å². The summed E-state index contributed by atoms with van der Waals surface area (Å²) in [6.07, 6.45) is 3.60. The fourth-order valence-electron chi connectivity index (χ4n) is 4.46. The highest BCUT2D eigenvalue weighted by Crippen LogP contribution is 2.28. The number of benzene rings is 2. The first kappa shape index (κ1) is 26.7. The molecule has 1 fully saturated rings. The van der Waals surface area contributed by atoms with Gasteiger partial charge in [0.15, 0.2) is 0 Å². The van der Waals surface area contributed by atoms with E-state index >= 15 is 0 Å². The van der Waals surface area contributed by atoms with Crippen LogP contribution in [0.15, 0.2) is 52.9 Å². The van der Waals surface area contributed by atoms with Crippen molar-refractivity contribution in [2.24, 2.45) is 11.0 Å². The zero-order chi connectivity index (χ0) is 26.4. The predicted octanol–water partition coefficient (Wildman–Crippen LogP) is 4.89. The second kappa shape index (κ2) is 12.3. The smallest absolute Gasteiger partial charge is 0.274 e. The van der Waals surface area contributed by atoms with Gasteiger partial charge in [0.2, 0.25) is 0 Å². The summed E-state index contributed by atoms with van der Waals surface area (Å²) in [6, 6.07) is 13.6. The van der Waals surface area contributed by atoms with Crippen molar-refractivity contribution in [2.45, 2.75) is 40.2 Å². The lowest BCUT2D eigenvalue weighted by molar-refractivity contribution is 0.0956. The lowest BCUT2D eigenvalue weighted by Gasteiger charge is -2.31. The second-order valence-corrected chi connectivity index (χ2v) is 10.6. The monoisotopic (exact) mass is 518 g/mol. The first-order chi connectivity index (χ1) is 17.8. The Balaban J connectivity index is 1.39. The number of anilines is 1. The van der Waals surface area contributed by atoms with E-state index in [0.717, 1.165) is 54.7 Å². The highest BCUT2D eigenvalue weighted by Gasteiger charge is 2.21. The Kier molecular flexibility index (Phi) is 8.87. The number of nitrogens with one attached hydrogen (secondary N) is 2. The maximum Gasteiger partial charge on any atom is 0.274 e. The Morgan fingerprint density at radius 1 is 1.05 bits per heavy atom. The van der Waals surface area contributed by atoms with Gasteiger partial charge in [-0.1, -0.05) is 30.3 Å². The van der Waals surface area contributed by atoms with Gasteiger partial charge in [0.25, 0.3) is 11.8 Å². The fourth-order valence-corrected chi connectivity index (χ4v) is 5.39. The minimum absolute atomic E-state index is 0.254. The molecule has 2 heterocycles. The van der Waals surface area contributed by atoms with Crippen molar-refractivity contribution in [3.05, 3.63) is 86.8 Å². The van der Waals surface area contributed by atoms with Crippen LogP contribution in [0.3, 0.4) is 0 Å². The molecule has 0 spiro atoms. The van der Waals surface area contributed by atoms with Crippen LogP contribution in [0.1, 0.15) is 61.4 Å². The molecule has 7 nitrogen and oxygen atoms in total. The van der Waals surface area contributed by atoms with Crippen molar-refractivity contribution >= 4 is 34.4 Å². The van der Waals surface area contributed by atoms with Crippen LogP contribution in [-0.4, -0.2) is 47.7 Å². The normalized spacial score (nSPS) is 14.7. The minimum atomic E-state index is -0.367. The Labute approximate surface area is 222 Å². The average molecular weight is 519 g/mol. The number of aliphatic hydroxyl groups is 1. The molecule has 0 atom stereocenters. The molecule has 0 unspecified atom stereocenters. The number of thiophene rings is 1. The Morgan fingerprint density at radius 3 is 2.57 bits per heavy atom. The Morgan fingerprint density at radius 2 is 1.84 bits per heavy atom. The first-order valence-electron chi connectivity index (χ1n) is 12.6. The molecule has 4 rings (SSSR count). The van der Waals surface area contributed by atoms with E-state index in [9.17, 15) is 14.7 Å². The number of aliphatic hydroxyl groups excluding tert-OH is 1. The number of hydrazone groups is 1. The van der Waals surface area contributed by atoms with E-state index in [0.29, 0.717) is 22.0 Å². The maximum absolute atomic E-state index is 13.1. The van der Waals surface area contributed by atoms with Crippen LogP contribution >= 0.6 is 11.3 Å². The molecule has 1 aliphatic rings. The molecule has 8 heteroatoms. The van der Waals surface area contributed by atoms with Crippen LogP contribution in [0.2, 0.25) is 0 Å². The van der Waals surface area contributed by atoms with Crippen molar-refractivity contribution in [2.75, 3.05) is 25.0 Å². The number of rotatable bonds is 8. The Bertz CT molecular complexity index is 1290. The van der Waals surface area contributed by atoms with Crippen molar-refractivity contribution in [1.82, 2.24) is 10.3 Å². The Hall–Kier alpha value is -3.33. The number of carbonyl (C=O) groups is 2. The van der Waals surface area contributed by atoms with E-state index in [1.807, 2.05) is 62.5 Å². The molecule has 1 aromatic heterocycles. The number of carbonyl (C=O) groups excluding carboxylic acids is 2. The number of nitrogens with zero attached hydrogens (tertiary/aromatic N) is 2. The van der Waals surface area contributed by atoms with E-state index in [1.165, 1.54) is 16.9 Å². The number of aryl methyl sites for hydroxylation is 3. The zero-order valence-corrected chi connectivity index (χ0v) is 22.4. The van der Waals surface area contributed by atoms with Crippen molar-refractivity contribution in [3.63, 3.8) is 0 Å². The third-order valence-corrected chi connectivity index (χ3v) is 7.91. The molecule has 1 aliphatic heterocycles. The van der Waals surface area contributed by atoms with E-state index in [1.54, 1.807) is 12.3 Å². The summed E-state index contributed by atoms with van der Waals surface area (Å²) in [5.74, 6) is -0.226. The molecular weight excluding hydrogens is 484 g/mol.